The minimum absolute atomic E-state index is 0.0296. The topological polar surface area (TPSA) is 147 Å². The van der Waals surface area contributed by atoms with E-state index in [2.05, 4.69) is 15.6 Å². The SMILES string of the molecule is Cc1ncsc1-c1ccc(CNC(=O)[C@@H]2C[C@@H](O)CN2C(=O)C(NC(=O)CCOCCN)C(C)(C)C)cc1. The van der Waals surface area contributed by atoms with E-state index in [0.717, 1.165) is 21.7 Å². The maximum absolute atomic E-state index is 13.6. The molecule has 0 spiro atoms. The van der Waals surface area contributed by atoms with E-state index in [1.54, 1.807) is 11.3 Å². The number of hydrogen-bond donors (Lipinski definition) is 4. The van der Waals surface area contributed by atoms with Crippen LogP contribution in [0.1, 0.15) is 44.9 Å². The number of thiazole rings is 1. The van der Waals surface area contributed by atoms with Gasteiger partial charge in [0, 0.05) is 32.5 Å². The zero-order chi connectivity index (χ0) is 27.9. The molecule has 0 saturated carbocycles. The van der Waals surface area contributed by atoms with Crippen molar-refractivity contribution in [3.05, 3.63) is 41.0 Å². The zero-order valence-corrected chi connectivity index (χ0v) is 23.3. The number of aromatic nitrogens is 1. The number of nitrogens with zero attached hydrogens (tertiary/aromatic N) is 2. The number of nitrogens with two attached hydrogens (primary N) is 1. The van der Waals surface area contributed by atoms with Crippen LogP contribution < -0.4 is 16.4 Å². The Morgan fingerprint density at radius 3 is 2.55 bits per heavy atom. The van der Waals surface area contributed by atoms with Gasteiger partial charge in [0.2, 0.25) is 17.7 Å². The number of rotatable bonds is 11. The van der Waals surface area contributed by atoms with Crippen molar-refractivity contribution >= 4 is 29.1 Å². The highest BCUT2D eigenvalue weighted by Gasteiger charge is 2.44. The van der Waals surface area contributed by atoms with Gasteiger partial charge in [0.1, 0.15) is 12.1 Å². The highest BCUT2D eigenvalue weighted by atomic mass is 32.1. The summed E-state index contributed by atoms with van der Waals surface area (Å²) in [4.78, 5) is 46.0. The Hall–Kier alpha value is -2.86. The maximum atomic E-state index is 13.6. The molecule has 1 aromatic carbocycles. The molecule has 1 aliphatic rings. The highest BCUT2D eigenvalue weighted by molar-refractivity contribution is 7.13. The van der Waals surface area contributed by atoms with Gasteiger partial charge in [-0.1, -0.05) is 45.0 Å². The lowest BCUT2D eigenvalue weighted by atomic mass is 9.85. The first kappa shape index (κ1) is 29.7. The summed E-state index contributed by atoms with van der Waals surface area (Å²) in [6.07, 6.45) is -0.593. The molecule has 5 N–H and O–H groups in total. The molecule has 208 valence electrons. The lowest BCUT2D eigenvalue weighted by Gasteiger charge is -2.35. The molecular weight excluding hydrogens is 506 g/mol. The molecule has 3 atom stereocenters. The van der Waals surface area contributed by atoms with Crippen LogP contribution in [0.3, 0.4) is 0 Å². The van der Waals surface area contributed by atoms with Gasteiger partial charge in [-0.25, -0.2) is 4.98 Å². The molecule has 3 amide bonds. The number of aliphatic hydroxyl groups excluding tert-OH is 1. The van der Waals surface area contributed by atoms with E-state index >= 15 is 0 Å². The van der Waals surface area contributed by atoms with Crippen LogP contribution in [0.2, 0.25) is 0 Å². The van der Waals surface area contributed by atoms with E-state index in [4.69, 9.17) is 10.5 Å². The number of benzene rings is 1. The second-order valence-corrected chi connectivity index (χ2v) is 11.4. The third kappa shape index (κ3) is 7.83. The Labute approximate surface area is 228 Å². The molecular formula is C27H39N5O5S. The van der Waals surface area contributed by atoms with Gasteiger partial charge in [-0.3, -0.25) is 14.4 Å². The van der Waals surface area contributed by atoms with Crippen molar-refractivity contribution in [2.45, 2.75) is 65.3 Å². The highest BCUT2D eigenvalue weighted by Crippen LogP contribution is 2.28. The smallest absolute Gasteiger partial charge is 0.246 e. The number of β-amino-alcohol motifs (C(OH)–C–C–N with tert-alkyl or cyclic N) is 1. The van der Waals surface area contributed by atoms with Crippen molar-refractivity contribution in [3.63, 3.8) is 0 Å². The minimum atomic E-state index is -0.868. The average Bonchev–Trinajstić information content (AvgIpc) is 3.48. The number of carbonyl (C=O) groups excluding carboxylic acids is 3. The number of nitrogens with one attached hydrogen (secondary N) is 2. The van der Waals surface area contributed by atoms with Crippen LogP contribution >= 0.6 is 11.3 Å². The van der Waals surface area contributed by atoms with Gasteiger partial charge >= 0.3 is 0 Å². The number of carbonyl (C=O) groups is 3. The van der Waals surface area contributed by atoms with Crippen molar-refractivity contribution < 1.29 is 24.2 Å². The van der Waals surface area contributed by atoms with Crippen LogP contribution in [-0.4, -0.2) is 77.2 Å². The number of likely N-dealkylation sites (tertiary alicyclic amines) is 1. The summed E-state index contributed by atoms with van der Waals surface area (Å²) in [5, 5.41) is 16.0. The van der Waals surface area contributed by atoms with E-state index in [1.807, 2.05) is 57.5 Å². The molecule has 2 aromatic rings. The van der Waals surface area contributed by atoms with E-state index in [-0.39, 0.29) is 44.4 Å². The first-order valence-electron chi connectivity index (χ1n) is 12.8. The number of ether oxygens (including phenoxy) is 1. The quantitative estimate of drug-likeness (QED) is 0.314. The third-order valence-corrected chi connectivity index (χ3v) is 7.42. The predicted molar refractivity (Wildman–Crippen MR) is 146 cm³/mol. The second kappa shape index (κ2) is 13.3. The van der Waals surface area contributed by atoms with Crippen LogP contribution in [0.25, 0.3) is 10.4 Å². The van der Waals surface area contributed by atoms with Crippen LogP contribution in [-0.2, 0) is 25.7 Å². The van der Waals surface area contributed by atoms with Gasteiger partial charge in [-0.15, -0.1) is 11.3 Å². The monoisotopic (exact) mass is 545 g/mol. The van der Waals surface area contributed by atoms with Crippen molar-refractivity contribution in [2.24, 2.45) is 11.1 Å². The number of hydrogen-bond acceptors (Lipinski definition) is 8. The number of aryl methyl sites for hydroxylation is 1. The van der Waals surface area contributed by atoms with E-state index in [1.165, 1.54) is 4.90 Å². The van der Waals surface area contributed by atoms with Crippen molar-refractivity contribution in [2.75, 3.05) is 26.3 Å². The van der Waals surface area contributed by atoms with E-state index in [9.17, 15) is 19.5 Å². The van der Waals surface area contributed by atoms with E-state index in [0.29, 0.717) is 13.2 Å². The largest absolute Gasteiger partial charge is 0.391 e. The van der Waals surface area contributed by atoms with Gasteiger partial charge in [0.25, 0.3) is 0 Å². The van der Waals surface area contributed by atoms with Crippen LogP contribution in [0, 0.1) is 12.3 Å². The lowest BCUT2D eigenvalue weighted by molar-refractivity contribution is -0.144. The van der Waals surface area contributed by atoms with Crippen molar-refractivity contribution in [3.8, 4) is 10.4 Å². The molecule has 1 aliphatic heterocycles. The molecule has 10 nitrogen and oxygen atoms in total. The Morgan fingerprint density at radius 2 is 1.95 bits per heavy atom. The first-order valence-corrected chi connectivity index (χ1v) is 13.7. The van der Waals surface area contributed by atoms with E-state index < -0.39 is 29.5 Å². The summed E-state index contributed by atoms with van der Waals surface area (Å²) in [6, 6.07) is 6.19. The Balaban J connectivity index is 1.63. The van der Waals surface area contributed by atoms with Gasteiger partial charge in [0.05, 0.1) is 35.4 Å². The fourth-order valence-electron chi connectivity index (χ4n) is 4.36. The first-order chi connectivity index (χ1) is 18.0. The number of amides is 3. The number of aliphatic hydroxyl groups is 1. The predicted octanol–water partition coefficient (Wildman–Crippen LogP) is 1.59. The molecule has 38 heavy (non-hydrogen) atoms. The van der Waals surface area contributed by atoms with Crippen LogP contribution in [0.15, 0.2) is 29.8 Å². The van der Waals surface area contributed by atoms with Gasteiger partial charge < -0.3 is 31.1 Å². The average molecular weight is 546 g/mol. The van der Waals surface area contributed by atoms with Gasteiger partial charge in [0.15, 0.2) is 0 Å². The van der Waals surface area contributed by atoms with Crippen LogP contribution in [0.5, 0.6) is 0 Å². The molecule has 0 aliphatic carbocycles. The molecule has 1 unspecified atom stereocenters. The second-order valence-electron chi connectivity index (χ2n) is 10.6. The Kier molecular flexibility index (Phi) is 10.4. The molecule has 11 heteroatoms. The van der Waals surface area contributed by atoms with Crippen molar-refractivity contribution in [1.82, 2.24) is 20.5 Å². The summed E-state index contributed by atoms with van der Waals surface area (Å²) < 4.78 is 5.27. The van der Waals surface area contributed by atoms with Gasteiger partial charge in [-0.05, 0) is 23.5 Å². The normalized spacial score (nSPS) is 18.3. The Bertz CT molecular complexity index is 1100. The fraction of sp³-hybridized carbons (Fsp3) is 0.556. The fourth-order valence-corrected chi connectivity index (χ4v) is 5.18. The molecule has 1 saturated heterocycles. The summed E-state index contributed by atoms with van der Waals surface area (Å²) in [5.74, 6) is -1.06. The summed E-state index contributed by atoms with van der Waals surface area (Å²) in [5.41, 5.74) is 9.55. The standard InChI is InChI=1S/C27H39N5O5S/c1-17-23(38-16-30-17)19-7-5-18(6-8-19)14-29-25(35)21-13-20(33)15-32(21)26(36)24(27(2,3)4)31-22(34)9-11-37-12-10-28/h5-8,16,20-21,24,33H,9-15,28H2,1-4H3,(H,29,35)(H,31,34)/t20-,21+,24?/m1/s1. The molecule has 0 bridgehead atoms. The molecule has 1 aromatic heterocycles. The van der Waals surface area contributed by atoms with Crippen LogP contribution in [0.4, 0.5) is 0 Å². The van der Waals surface area contributed by atoms with Gasteiger partial charge in [-0.2, -0.15) is 0 Å². The Morgan fingerprint density at radius 1 is 1.24 bits per heavy atom. The third-order valence-electron chi connectivity index (χ3n) is 6.45. The molecule has 2 heterocycles. The minimum Gasteiger partial charge on any atom is -0.391 e. The molecule has 3 rings (SSSR count). The molecule has 1 fully saturated rings. The van der Waals surface area contributed by atoms with Crippen molar-refractivity contribution in [1.29, 1.82) is 0 Å². The summed E-state index contributed by atoms with van der Waals surface area (Å²) in [6.45, 7) is 8.75. The zero-order valence-electron chi connectivity index (χ0n) is 22.5. The summed E-state index contributed by atoms with van der Waals surface area (Å²) in [7, 11) is 0. The lowest BCUT2D eigenvalue weighted by Crippen LogP contribution is -2.57. The molecule has 0 radical (unpaired) electrons. The maximum Gasteiger partial charge on any atom is 0.246 e. The summed E-state index contributed by atoms with van der Waals surface area (Å²) >= 11 is 1.58.